The molecule has 0 bridgehead atoms. The maximum absolute atomic E-state index is 12.5. The number of carbonyl (C=O) groups excluding carboxylic acids is 2. The summed E-state index contributed by atoms with van der Waals surface area (Å²) >= 11 is 0. The predicted octanol–water partition coefficient (Wildman–Crippen LogP) is 1.99. The van der Waals surface area contributed by atoms with Crippen LogP contribution in [0, 0.1) is 17.8 Å². The Bertz CT molecular complexity index is 649. The Labute approximate surface area is 160 Å². The van der Waals surface area contributed by atoms with E-state index in [1.807, 2.05) is 6.92 Å². The molecule has 0 aromatic rings. The molecule has 7 heteroatoms. The SMILES string of the molecule is C#C[C@@]1(C)[C@@H](COC(CC=C)(C(C)=O)C(=O)OCC)O[C@@H]2OC(C)(C)O[C@@H]21. The van der Waals surface area contributed by atoms with Gasteiger partial charge in [-0.3, -0.25) is 4.79 Å². The van der Waals surface area contributed by atoms with Crippen molar-refractivity contribution in [1.29, 1.82) is 0 Å². The summed E-state index contributed by atoms with van der Waals surface area (Å²) in [6.07, 6.45) is 5.43. The molecular formula is C20H28O7. The molecule has 2 heterocycles. The highest BCUT2D eigenvalue weighted by Crippen LogP contribution is 2.48. The maximum Gasteiger partial charge on any atom is 0.346 e. The number of rotatable bonds is 8. The maximum atomic E-state index is 12.5. The van der Waals surface area contributed by atoms with E-state index in [-0.39, 0.29) is 19.6 Å². The molecule has 0 aromatic carbocycles. The van der Waals surface area contributed by atoms with Gasteiger partial charge in [-0.2, -0.15) is 0 Å². The van der Waals surface area contributed by atoms with Crippen LogP contribution in [0.25, 0.3) is 0 Å². The molecule has 0 aliphatic carbocycles. The van der Waals surface area contributed by atoms with Crippen LogP contribution in [-0.2, 0) is 33.3 Å². The lowest BCUT2D eigenvalue weighted by Crippen LogP contribution is -2.51. The summed E-state index contributed by atoms with van der Waals surface area (Å²) in [4.78, 5) is 24.8. The monoisotopic (exact) mass is 380 g/mol. The lowest BCUT2D eigenvalue weighted by Gasteiger charge is -2.34. The second-order valence-corrected chi connectivity index (χ2v) is 7.38. The third-order valence-electron chi connectivity index (χ3n) is 5.01. The Morgan fingerprint density at radius 2 is 2.00 bits per heavy atom. The molecule has 0 radical (unpaired) electrons. The summed E-state index contributed by atoms with van der Waals surface area (Å²) in [6, 6.07) is 0. The second kappa shape index (κ2) is 7.72. The van der Waals surface area contributed by atoms with Gasteiger partial charge in [0, 0.05) is 6.42 Å². The van der Waals surface area contributed by atoms with Crippen LogP contribution in [0.15, 0.2) is 12.7 Å². The molecular weight excluding hydrogens is 352 g/mol. The smallest absolute Gasteiger partial charge is 0.346 e. The number of fused-ring (bicyclic) bond motifs is 1. The molecule has 7 nitrogen and oxygen atoms in total. The van der Waals surface area contributed by atoms with Gasteiger partial charge in [0.2, 0.25) is 5.60 Å². The molecule has 2 aliphatic rings. The van der Waals surface area contributed by atoms with Gasteiger partial charge in [0.05, 0.1) is 18.6 Å². The zero-order valence-electron chi connectivity index (χ0n) is 16.6. The summed E-state index contributed by atoms with van der Waals surface area (Å²) in [6.45, 7) is 11.9. The highest BCUT2D eigenvalue weighted by molar-refractivity contribution is 6.06. The minimum absolute atomic E-state index is 0.0203. The number of ether oxygens (including phenoxy) is 5. The summed E-state index contributed by atoms with van der Waals surface area (Å²) < 4.78 is 28.4. The third-order valence-corrected chi connectivity index (χ3v) is 5.01. The first kappa shape index (κ1) is 21.6. The summed E-state index contributed by atoms with van der Waals surface area (Å²) in [5.74, 6) is 0.676. The number of hydrogen-bond acceptors (Lipinski definition) is 7. The summed E-state index contributed by atoms with van der Waals surface area (Å²) in [7, 11) is 0. The van der Waals surface area contributed by atoms with Gasteiger partial charge in [0.15, 0.2) is 17.9 Å². The van der Waals surface area contributed by atoms with E-state index in [9.17, 15) is 9.59 Å². The first-order valence-corrected chi connectivity index (χ1v) is 8.98. The zero-order valence-corrected chi connectivity index (χ0v) is 16.6. The van der Waals surface area contributed by atoms with Crippen LogP contribution in [0.1, 0.15) is 41.0 Å². The molecule has 27 heavy (non-hydrogen) atoms. The number of ketones is 1. The Kier molecular flexibility index (Phi) is 6.17. The summed E-state index contributed by atoms with van der Waals surface area (Å²) in [5, 5.41) is 0. The number of hydrogen-bond donors (Lipinski definition) is 0. The first-order chi connectivity index (χ1) is 12.6. The summed E-state index contributed by atoms with van der Waals surface area (Å²) in [5.41, 5.74) is -2.64. The molecule has 0 amide bonds. The van der Waals surface area contributed by atoms with Crippen molar-refractivity contribution >= 4 is 11.8 Å². The molecule has 2 saturated heterocycles. The van der Waals surface area contributed by atoms with Crippen LogP contribution < -0.4 is 0 Å². The first-order valence-electron chi connectivity index (χ1n) is 8.98. The highest BCUT2D eigenvalue weighted by atomic mass is 16.8. The average Bonchev–Trinajstić information content (AvgIpc) is 3.03. The van der Waals surface area contributed by atoms with Crippen LogP contribution in [0.2, 0.25) is 0 Å². The van der Waals surface area contributed by atoms with Gasteiger partial charge in [-0.15, -0.1) is 13.0 Å². The number of esters is 1. The zero-order chi connectivity index (χ0) is 20.5. The Balaban J connectivity index is 2.22. The minimum Gasteiger partial charge on any atom is -0.463 e. The van der Waals surface area contributed by atoms with Gasteiger partial charge in [-0.1, -0.05) is 12.0 Å². The Morgan fingerprint density at radius 3 is 2.52 bits per heavy atom. The molecule has 2 aliphatic heterocycles. The number of carbonyl (C=O) groups is 2. The van der Waals surface area contributed by atoms with E-state index in [4.69, 9.17) is 30.1 Å². The van der Waals surface area contributed by atoms with Crippen LogP contribution in [0.3, 0.4) is 0 Å². The largest absolute Gasteiger partial charge is 0.463 e. The molecule has 2 fully saturated rings. The van der Waals surface area contributed by atoms with Gasteiger partial charge >= 0.3 is 5.97 Å². The van der Waals surface area contributed by atoms with E-state index in [2.05, 4.69) is 12.5 Å². The Morgan fingerprint density at radius 1 is 1.33 bits per heavy atom. The fraction of sp³-hybridized carbons (Fsp3) is 0.700. The molecule has 0 aromatic heterocycles. The Hall–Kier alpha value is -1.72. The van der Waals surface area contributed by atoms with E-state index in [1.165, 1.54) is 13.0 Å². The van der Waals surface area contributed by atoms with Crippen LogP contribution >= 0.6 is 0 Å². The van der Waals surface area contributed by atoms with Crippen LogP contribution in [0.4, 0.5) is 0 Å². The van der Waals surface area contributed by atoms with Crippen molar-refractivity contribution < 1.29 is 33.3 Å². The van der Waals surface area contributed by atoms with Gasteiger partial charge in [0.1, 0.15) is 12.2 Å². The molecule has 0 spiro atoms. The molecule has 0 N–H and O–H groups in total. The standard InChI is InChI=1S/C20H28O7/c1-8-11-20(13(4)21,17(22)23-10-3)24-12-14-19(7,9-2)15-16(25-14)27-18(5,6)26-15/h2,8,14-16H,1,10-12H2,3-7H3/t14-,15+,16-,19+,20?/m1/s1. The van der Waals surface area contributed by atoms with Gasteiger partial charge in [-0.05, 0) is 34.6 Å². The van der Waals surface area contributed by atoms with Crippen molar-refractivity contribution in [2.75, 3.05) is 13.2 Å². The molecule has 0 saturated carbocycles. The molecule has 5 atom stereocenters. The van der Waals surface area contributed by atoms with Crippen molar-refractivity contribution in [3.8, 4) is 12.3 Å². The van der Waals surface area contributed by atoms with Crippen molar-refractivity contribution in [2.45, 2.75) is 70.9 Å². The predicted molar refractivity (Wildman–Crippen MR) is 96.4 cm³/mol. The van der Waals surface area contributed by atoms with Crippen LogP contribution in [0.5, 0.6) is 0 Å². The highest BCUT2D eigenvalue weighted by Gasteiger charge is 2.61. The van der Waals surface area contributed by atoms with Gasteiger partial charge in [0.25, 0.3) is 0 Å². The average molecular weight is 380 g/mol. The second-order valence-electron chi connectivity index (χ2n) is 7.38. The fourth-order valence-electron chi connectivity index (χ4n) is 3.37. The van der Waals surface area contributed by atoms with Crippen molar-refractivity contribution in [3.05, 3.63) is 12.7 Å². The number of terminal acetylenes is 1. The van der Waals surface area contributed by atoms with Crippen LogP contribution in [-0.4, -0.2) is 54.9 Å². The lowest BCUT2D eigenvalue weighted by atomic mass is 9.81. The lowest BCUT2D eigenvalue weighted by molar-refractivity contribution is -0.224. The molecule has 150 valence electrons. The van der Waals surface area contributed by atoms with Gasteiger partial charge < -0.3 is 23.7 Å². The fourth-order valence-corrected chi connectivity index (χ4v) is 3.37. The van der Waals surface area contributed by atoms with E-state index in [0.29, 0.717) is 0 Å². The van der Waals surface area contributed by atoms with E-state index < -0.39 is 47.1 Å². The minimum atomic E-state index is -1.78. The topological polar surface area (TPSA) is 80.3 Å². The number of Topliss-reactive ketones (excluding diaryl/α,β-unsaturated/α-hetero) is 1. The quantitative estimate of drug-likeness (QED) is 0.276. The van der Waals surface area contributed by atoms with E-state index in [0.717, 1.165) is 0 Å². The molecule has 2 rings (SSSR count). The third kappa shape index (κ3) is 3.81. The van der Waals surface area contributed by atoms with Gasteiger partial charge in [-0.25, -0.2) is 4.79 Å². The van der Waals surface area contributed by atoms with E-state index >= 15 is 0 Å². The van der Waals surface area contributed by atoms with Crippen molar-refractivity contribution in [2.24, 2.45) is 5.41 Å². The van der Waals surface area contributed by atoms with Crippen molar-refractivity contribution in [1.82, 2.24) is 0 Å². The normalized spacial score (nSPS) is 33.6. The van der Waals surface area contributed by atoms with E-state index in [1.54, 1.807) is 20.8 Å². The van der Waals surface area contributed by atoms with Crippen molar-refractivity contribution in [3.63, 3.8) is 0 Å². The molecule has 1 unspecified atom stereocenters.